The molecule has 2 aliphatic rings. The Labute approximate surface area is 158 Å². The summed E-state index contributed by atoms with van der Waals surface area (Å²) in [6, 6.07) is 20.7. The molecule has 1 amide bonds. The van der Waals surface area contributed by atoms with Gasteiger partial charge in [-0.2, -0.15) is 0 Å². The number of rotatable bonds is 4. The third kappa shape index (κ3) is 2.93. The minimum absolute atomic E-state index is 0.0216. The fourth-order valence-electron chi connectivity index (χ4n) is 4.59. The van der Waals surface area contributed by atoms with Gasteiger partial charge in [0.2, 0.25) is 0 Å². The van der Waals surface area contributed by atoms with E-state index in [4.69, 9.17) is 0 Å². The number of amides is 1. The molecule has 136 valence electrons. The van der Waals surface area contributed by atoms with E-state index >= 15 is 0 Å². The molecule has 0 unspecified atom stereocenters. The number of benzene rings is 2. The van der Waals surface area contributed by atoms with Crippen molar-refractivity contribution in [2.24, 2.45) is 5.92 Å². The highest BCUT2D eigenvalue weighted by atomic mass is 16.2. The van der Waals surface area contributed by atoms with Gasteiger partial charge in [0, 0.05) is 12.6 Å². The number of carbonyl (C=O) groups is 1. The summed E-state index contributed by atoms with van der Waals surface area (Å²) >= 11 is 0. The second-order valence-electron chi connectivity index (χ2n) is 7.60. The molecule has 1 aromatic heterocycles. The molecule has 0 spiro atoms. The van der Waals surface area contributed by atoms with Gasteiger partial charge in [0.15, 0.2) is 5.69 Å². The molecule has 1 aliphatic carbocycles. The normalized spacial score (nSPS) is 21.1. The van der Waals surface area contributed by atoms with E-state index in [1.165, 1.54) is 6.42 Å². The lowest BCUT2D eigenvalue weighted by Gasteiger charge is -2.25. The smallest absolute Gasteiger partial charge is 0.276 e. The van der Waals surface area contributed by atoms with Crippen molar-refractivity contribution in [2.75, 3.05) is 6.54 Å². The third-order valence-electron chi connectivity index (χ3n) is 5.89. The zero-order valence-corrected chi connectivity index (χ0v) is 15.1. The Kier molecular flexibility index (Phi) is 4.00. The molecule has 1 saturated carbocycles. The highest BCUT2D eigenvalue weighted by Gasteiger charge is 2.41. The number of piperidine rings is 1. The van der Waals surface area contributed by atoms with Crippen molar-refractivity contribution in [3.05, 3.63) is 83.7 Å². The minimum Gasteiger partial charge on any atom is -0.334 e. The van der Waals surface area contributed by atoms with E-state index in [-0.39, 0.29) is 11.9 Å². The van der Waals surface area contributed by atoms with Crippen molar-refractivity contribution in [3.63, 3.8) is 0 Å². The molecular formula is C22H22N4O. The second kappa shape index (κ2) is 6.65. The van der Waals surface area contributed by atoms with Crippen molar-refractivity contribution < 1.29 is 4.79 Å². The highest BCUT2D eigenvalue weighted by Crippen LogP contribution is 2.38. The van der Waals surface area contributed by atoms with Crippen LogP contribution in [0, 0.1) is 5.92 Å². The molecule has 5 heteroatoms. The summed E-state index contributed by atoms with van der Waals surface area (Å²) in [5, 5.41) is 8.58. The van der Waals surface area contributed by atoms with Crippen molar-refractivity contribution in [1.82, 2.24) is 19.9 Å². The first-order valence-corrected chi connectivity index (χ1v) is 9.62. The van der Waals surface area contributed by atoms with E-state index in [0.29, 0.717) is 17.7 Å². The molecule has 5 nitrogen and oxygen atoms in total. The molecule has 1 aliphatic heterocycles. The number of hydrogen-bond donors (Lipinski definition) is 0. The molecule has 1 saturated heterocycles. The first kappa shape index (κ1) is 16.2. The van der Waals surface area contributed by atoms with Gasteiger partial charge in [0.1, 0.15) is 6.04 Å². The first-order valence-electron chi connectivity index (χ1n) is 9.62. The van der Waals surface area contributed by atoms with Gasteiger partial charge in [-0.15, -0.1) is 5.10 Å². The number of carbonyl (C=O) groups excluding carboxylic acids is 1. The largest absolute Gasteiger partial charge is 0.334 e. The van der Waals surface area contributed by atoms with Crippen LogP contribution in [0.15, 0.2) is 66.9 Å². The van der Waals surface area contributed by atoms with Crippen molar-refractivity contribution in [1.29, 1.82) is 0 Å². The zero-order valence-electron chi connectivity index (χ0n) is 15.1. The van der Waals surface area contributed by atoms with E-state index in [0.717, 1.165) is 30.5 Å². The Bertz CT molecular complexity index is 898. The van der Waals surface area contributed by atoms with Crippen molar-refractivity contribution >= 4 is 5.91 Å². The van der Waals surface area contributed by atoms with E-state index in [1.807, 2.05) is 46.0 Å². The molecule has 0 radical (unpaired) electrons. The van der Waals surface area contributed by atoms with Crippen LogP contribution < -0.4 is 0 Å². The Morgan fingerprint density at radius 1 is 0.963 bits per heavy atom. The van der Waals surface area contributed by atoms with Crippen LogP contribution in [0.25, 0.3) is 0 Å². The van der Waals surface area contributed by atoms with Crippen molar-refractivity contribution in [2.45, 2.75) is 31.3 Å². The molecule has 2 heterocycles. The van der Waals surface area contributed by atoms with Crippen LogP contribution in [0.5, 0.6) is 0 Å². The maximum absolute atomic E-state index is 13.0. The highest BCUT2D eigenvalue weighted by molar-refractivity contribution is 5.92. The average Bonchev–Trinajstić information content (AvgIpc) is 3.47. The predicted octanol–water partition coefficient (Wildman–Crippen LogP) is 3.54. The van der Waals surface area contributed by atoms with Crippen LogP contribution in [0.4, 0.5) is 0 Å². The number of likely N-dealkylation sites (tertiary alicyclic amines) is 1. The number of nitrogens with zero attached hydrogens (tertiary/aromatic N) is 4. The van der Waals surface area contributed by atoms with E-state index in [1.54, 1.807) is 6.20 Å². The fourth-order valence-corrected chi connectivity index (χ4v) is 4.59. The van der Waals surface area contributed by atoms with Gasteiger partial charge in [-0.05, 0) is 36.3 Å². The molecule has 27 heavy (non-hydrogen) atoms. The maximum atomic E-state index is 13.0. The summed E-state index contributed by atoms with van der Waals surface area (Å²) < 4.78 is 1.81. The van der Waals surface area contributed by atoms with Crippen LogP contribution in [-0.2, 0) is 0 Å². The SMILES string of the molecule is O=C(c1cn(C(c2ccccc2)c2ccccc2)nn1)N1C[C@H]2CC[C@H]1C2. The number of fused-ring (bicyclic) bond motifs is 2. The first-order chi connectivity index (χ1) is 13.3. The Morgan fingerprint density at radius 2 is 1.63 bits per heavy atom. The van der Waals surface area contributed by atoms with Crippen LogP contribution in [0.1, 0.15) is 46.9 Å². The zero-order chi connectivity index (χ0) is 18.2. The number of hydrogen-bond acceptors (Lipinski definition) is 3. The summed E-state index contributed by atoms with van der Waals surface area (Å²) in [5.74, 6) is 0.698. The molecule has 2 atom stereocenters. The summed E-state index contributed by atoms with van der Waals surface area (Å²) in [6.07, 6.45) is 5.34. The summed E-state index contributed by atoms with van der Waals surface area (Å²) in [6.45, 7) is 0.872. The standard InChI is InChI=1S/C22H22N4O/c27-22(25-14-16-11-12-19(25)13-16)20-15-26(24-23-20)21(17-7-3-1-4-8-17)18-9-5-2-6-10-18/h1-10,15-16,19,21H,11-14H2/t16-,19-/m0/s1. The fraction of sp³-hybridized carbons (Fsp3) is 0.318. The van der Waals surface area contributed by atoms with E-state index < -0.39 is 0 Å². The van der Waals surface area contributed by atoms with Gasteiger partial charge < -0.3 is 4.90 Å². The lowest BCUT2D eigenvalue weighted by Crippen LogP contribution is -2.37. The van der Waals surface area contributed by atoms with Gasteiger partial charge in [0.25, 0.3) is 5.91 Å². The van der Waals surface area contributed by atoms with Crippen molar-refractivity contribution in [3.8, 4) is 0 Å². The van der Waals surface area contributed by atoms with Crippen LogP contribution in [0.2, 0.25) is 0 Å². The quantitative estimate of drug-likeness (QED) is 0.717. The van der Waals surface area contributed by atoms with Gasteiger partial charge >= 0.3 is 0 Å². The second-order valence-corrected chi connectivity index (χ2v) is 7.60. The summed E-state index contributed by atoms with van der Waals surface area (Å²) in [7, 11) is 0. The molecular weight excluding hydrogens is 336 g/mol. The Hall–Kier alpha value is -2.95. The Morgan fingerprint density at radius 3 is 2.19 bits per heavy atom. The minimum atomic E-state index is -0.100. The monoisotopic (exact) mass is 358 g/mol. The van der Waals surface area contributed by atoms with Crippen LogP contribution in [0.3, 0.4) is 0 Å². The molecule has 5 rings (SSSR count). The summed E-state index contributed by atoms with van der Waals surface area (Å²) in [4.78, 5) is 15.0. The summed E-state index contributed by atoms with van der Waals surface area (Å²) in [5.41, 5.74) is 2.68. The van der Waals surface area contributed by atoms with Crippen LogP contribution in [-0.4, -0.2) is 38.4 Å². The molecule has 2 bridgehead atoms. The Balaban J connectivity index is 1.48. The predicted molar refractivity (Wildman–Crippen MR) is 102 cm³/mol. The lowest BCUT2D eigenvalue weighted by atomic mass is 9.99. The van der Waals surface area contributed by atoms with Gasteiger partial charge in [-0.3, -0.25) is 4.79 Å². The average molecular weight is 358 g/mol. The van der Waals surface area contributed by atoms with E-state index in [2.05, 4.69) is 34.6 Å². The molecule has 2 fully saturated rings. The topological polar surface area (TPSA) is 51.0 Å². The van der Waals surface area contributed by atoms with Gasteiger partial charge in [-0.25, -0.2) is 4.68 Å². The molecule has 2 aromatic carbocycles. The van der Waals surface area contributed by atoms with Gasteiger partial charge in [0.05, 0.1) is 6.20 Å². The van der Waals surface area contributed by atoms with Gasteiger partial charge in [-0.1, -0.05) is 65.9 Å². The number of aromatic nitrogens is 3. The molecule has 0 N–H and O–H groups in total. The van der Waals surface area contributed by atoms with E-state index in [9.17, 15) is 4.79 Å². The third-order valence-corrected chi connectivity index (χ3v) is 5.89. The lowest BCUT2D eigenvalue weighted by molar-refractivity contribution is 0.0697. The van der Waals surface area contributed by atoms with Crippen LogP contribution >= 0.6 is 0 Å². The molecule has 3 aromatic rings. The maximum Gasteiger partial charge on any atom is 0.276 e.